The van der Waals surface area contributed by atoms with Gasteiger partial charge in [-0.3, -0.25) is 10.1 Å². The summed E-state index contributed by atoms with van der Waals surface area (Å²) in [5.74, 6) is -0.0147. The van der Waals surface area contributed by atoms with Crippen LogP contribution < -0.4 is 10.1 Å². The molecule has 0 bridgehead atoms. The largest absolute Gasteiger partial charge is 0.492 e. The number of carboxylic acid groups (broad SMARTS) is 1. The van der Waals surface area contributed by atoms with Crippen molar-refractivity contribution in [3.63, 3.8) is 0 Å². The number of aliphatic carboxylic acids is 1. The van der Waals surface area contributed by atoms with E-state index in [0.717, 1.165) is 16.9 Å². The SMILES string of the molecule is Cc1ccc(C)c(OCCNC(C)(C)C(=O)O)c1. The number of aryl methyl sites for hydroxylation is 2. The van der Waals surface area contributed by atoms with Crippen molar-refractivity contribution in [3.05, 3.63) is 29.3 Å². The molecule has 0 spiro atoms. The predicted octanol–water partition coefficient (Wildman–Crippen LogP) is 2.14. The summed E-state index contributed by atoms with van der Waals surface area (Å²) in [6.45, 7) is 8.20. The molecular weight excluding hydrogens is 230 g/mol. The van der Waals surface area contributed by atoms with Gasteiger partial charge in [0.25, 0.3) is 0 Å². The van der Waals surface area contributed by atoms with Crippen molar-refractivity contribution >= 4 is 5.97 Å². The normalized spacial score (nSPS) is 11.3. The quantitative estimate of drug-likeness (QED) is 0.760. The topological polar surface area (TPSA) is 58.6 Å². The monoisotopic (exact) mass is 251 g/mol. The zero-order chi connectivity index (χ0) is 13.8. The highest BCUT2D eigenvalue weighted by atomic mass is 16.5. The van der Waals surface area contributed by atoms with E-state index >= 15 is 0 Å². The van der Waals surface area contributed by atoms with E-state index in [1.807, 2.05) is 32.0 Å². The minimum absolute atomic E-state index is 0.445. The van der Waals surface area contributed by atoms with E-state index in [1.165, 1.54) is 0 Å². The van der Waals surface area contributed by atoms with Gasteiger partial charge in [0.1, 0.15) is 17.9 Å². The summed E-state index contributed by atoms with van der Waals surface area (Å²) in [6.07, 6.45) is 0. The molecule has 0 saturated heterocycles. The lowest BCUT2D eigenvalue weighted by atomic mass is 10.1. The van der Waals surface area contributed by atoms with E-state index in [0.29, 0.717) is 13.2 Å². The summed E-state index contributed by atoms with van der Waals surface area (Å²) in [5.41, 5.74) is 1.30. The molecule has 0 aliphatic rings. The van der Waals surface area contributed by atoms with E-state index in [4.69, 9.17) is 9.84 Å². The molecule has 0 aliphatic carbocycles. The molecular formula is C14H21NO3. The van der Waals surface area contributed by atoms with E-state index in [2.05, 4.69) is 5.32 Å². The molecule has 4 heteroatoms. The molecule has 0 fully saturated rings. The Morgan fingerprint density at radius 2 is 2.06 bits per heavy atom. The Labute approximate surface area is 108 Å². The van der Waals surface area contributed by atoms with Crippen LogP contribution in [0.2, 0.25) is 0 Å². The zero-order valence-corrected chi connectivity index (χ0v) is 11.4. The highest BCUT2D eigenvalue weighted by molar-refractivity contribution is 5.77. The summed E-state index contributed by atoms with van der Waals surface area (Å²) in [6, 6.07) is 6.03. The highest BCUT2D eigenvalue weighted by Crippen LogP contribution is 2.18. The van der Waals surface area contributed by atoms with Gasteiger partial charge in [-0.1, -0.05) is 12.1 Å². The van der Waals surface area contributed by atoms with Gasteiger partial charge < -0.3 is 9.84 Å². The number of rotatable bonds is 6. The third kappa shape index (κ3) is 4.04. The summed E-state index contributed by atoms with van der Waals surface area (Å²) in [4.78, 5) is 10.9. The molecule has 0 atom stereocenters. The van der Waals surface area contributed by atoms with Gasteiger partial charge in [0.2, 0.25) is 0 Å². The van der Waals surface area contributed by atoms with Crippen molar-refractivity contribution in [1.29, 1.82) is 0 Å². The van der Waals surface area contributed by atoms with Crippen molar-refractivity contribution < 1.29 is 14.6 Å². The highest BCUT2D eigenvalue weighted by Gasteiger charge is 2.25. The van der Waals surface area contributed by atoms with Crippen LogP contribution in [0.1, 0.15) is 25.0 Å². The van der Waals surface area contributed by atoms with Crippen LogP contribution in [0.5, 0.6) is 5.75 Å². The zero-order valence-electron chi connectivity index (χ0n) is 11.4. The third-order valence-corrected chi connectivity index (χ3v) is 2.80. The van der Waals surface area contributed by atoms with Crippen LogP contribution in [0.4, 0.5) is 0 Å². The summed E-state index contributed by atoms with van der Waals surface area (Å²) < 4.78 is 5.64. The molecule has 1 aromatic rings. The van der Waals surface area contributed by atoms with Crippen LogP contribution in [0.25, 0.3) is 0 Å². The van der Waals surface area contributed by atoms with Gasteiger partial charge >= 0.3 is 5.97 Å². The lowest BCUT2D eigenvalue weighted by molar-refractivity contribution is -0.143. The molecule has 0 saturated carbocycles. The number of carbonyl (C=O) groups is 1. The molecule has 1 aromatic carbocycles. The van der Waals surface area contributed by atoms with Gasteiger partial charge in [-0.15, -0.1) is 0 Å². The Morgan fingerprint density at radius 3 is 2.67 bits per heavy atom. The Balaban J connectivity index is 2.43. The first-order valence-corrected chi connectivity index (χ1v) is 6.01. The van der Waals surface area contributed by atoms with E-state index in [-0.39, 0.29) is 0 Å². The van der Waals surface area contributed by atoms with Gasteiger partial charge in [0, 0.05) is 6.54 Å². The predicted molar refractivity (Wildman–Crippen MR) is 71.1 cm³/mol. The Hall–Kier alpha value is -1.55. The minimum Gasteiger partial charge on any atom is -0.492 e. The molecule has 18 heavy (non-hydrogen) atoms. The van der Waals surface area contributed by atoms with Crippen LogP contribution in [0.3, 0.4) is 0 Å². The maximum Gasteiger partial charge on any atom is 0.323 e. The van der Waals surface area contributed by atoms with Gasteiger partial charge in [-0.05, 0) is 44.9 Å². The van der Waals surface area contributed by atoms with Crippen molar-refractivity contribution in [2.24, 2.45) is 0 Å². The molecule has 2 N–H and O–H groups in total. The lowest BCUT2D eigenvalue weighted by Crippen LogP contribution is -2.48. The number of hydrogen-bond acceptors (Lipinski definition) is 3. The van der Waals surface area contributed by atoms with Crippen molar-refractivity contribution in [1.82, 2.24) is 5.32 Å². The molecule has 0 aromatic heterocycles. The summed E-state index contributed by atoms with van der Waals surface area (Å²) >= 11 is 0. The first kappa shape index (κ1) is 14.5. The summed E-state index contributed by atoms with van der Waals surface area (Å²) in [7, 11) is 0. The molecule has 0 heterocycles. The fourth-order valence-electron chi connectivity index (χ4n) is 1.46. The Morgan fingerprint density at radius 1 is 1.39 bits per heavy atom. The second kappa shape index (κ2) is 5.87. The third-order valence-electron chi connectivity index (χ3n) is 2.80. The number of carboxylic acids is 1. The standard InChI is InChI=1S/C14H21NO3/c1-10-5-6-11(2)12(9-10)18-8-7-15-14(3,4)13(16)17/h5-6,9,15H,7-8H2,1-4H3,(H,16,17). The summed E-state index contributed by atoms with van der Waals surface area (Å²) in [5, 5.41) is 11.9. The second-order valence-corrected chi connectivity index (χ2v) is 4.97. The minimum atomic E-state index is -0.926. The maximum absolute atomic E-state index is 10.9. The Kier molecular flexibility index (Phi) is 4.73. The van der Waals surface area contributed by atoms with Crippen LogP contribution >= 0.6 is 0 Å². The first-order chi connectivity index (χ1) is 8.33. The molecule has 0 unspecified atom stereocenters. The van der Waals surface area contributed by atoms with Gasteiger partial charge in [0.15, 0.2) is 0 Å². The van der Waals surface area contributed by atoms with Gasteiger partial charge in [0.05, 0.1) is 0 Å². The fraction of sp³-hybridized carbons (Fsp3) is 0.500. The van der Waals surface area contributed by atoms with Crippen molar-refractivity contribution in [2.75, 3.05) is 13.2 Å². The van der Waals surface area contributed by atoms with E-state index in [9.17, 15) is 4.79 Å². The number of ether oxygens (including phenoxy) is 1. The molecule has 1 rings (SSSR count). The average Bonchev–Trinajstić information content (AvgIpc) is 2.28. The smallest absolute Gasteiger partial charge is 0.323 e. The van der Waals surface area contributed by atoms with E-state index in [1.54, 1.807) is 13.8 Å². The van der Waals surface area contributed by atoms with Crippen LogP contribution in [-0.4, -0.2) is 29.8 Å². The van der Waals surface area contributed by atoms with Crippen molar-refractivity contribution in [3.8, 4) is 5.75 Å². The van der Waals surface area contributed by atoms with Gasteiger partial charge in [-0.25, -0.2) is 0 Å². The molecule has 0 aliphatic heterocycles. The molecule has 100 valence electrons. The number of benzene rings is 1. The van der Waals surface area contributed by atoms with Crippen LogP contribution in [0.15, 0.2) is 18.2 Å². The molecule has 0 radical (unpaired) electrons. The Bertz CT molecular complexity index is 427. The lowest BCUT2D eigenvalue weighted by Gasteiger charge is -2.21. The number of hydrogen-bond donors (Lipinski definition) is 2. The second-order valence-electron chi connectivity index (χ2n) is 4.97. The van der Waals surface area contributed by atoms with Gasteiger partial charge in [-0.2, -0.15) is 0 Å². The first-order valence-electron chi connectivity index (χ1n) is 6.01. The maximum atomic E-state index is 10.9. The van der Waals surface area contributed by atoms with Crippen LogP contribution in [-0.2, 0) is 4.79 Å². The van der Waals surface area contributed by atoms with Crippen molar-refractivity contribution in [2.45, 2.75) is 33.2 Å². The molecule has 0 amide bonds. The fourth-order valence-corrected chi connectivity index (χ4v) is 1.46. The van der Waals surface area contributed by atoms with E-state index < -0.39 is 11.5 Å². The molecule has 4 nitrogen and oxygen atoms in total. The average molecular weight is 251 g/mol. The number of nitrogens with one attached hydrogen (secondary N) is 1. The van der Waals surface area contributed by atoms with Crippen LogP contribution in [0, 0.1) is 13.8 Å².